The second kappa shape index (κ2) is 12.4. The van der Waals surface area contributed by atoms with Crippen molar-refractivity contribution in [2.45, 2.75) is 32.9 Å². The minimum atomic E-state index is -0.291. The molecule has 5 aromatic rings. The van der Waals surface area contributed by atoms with Crippen LogP contribution in [0.15, 0.2) is 108 Å². The first-order chi connectivity index (χ1) is 19.5. The highest BCUT2D eigenvalue weighted by Gasteiger charge is 2.20. The van der Waals surface area contributed by atoms with Gasteiger partial charge in [0.2, 0.25) is 0 Å². The van der Waals surface area contributed by atoms with E-state index in [-0.39, 0.29) is 11.4 Å². The van der Waals surface area contributed by atoms with Crippen LogP contribution >= 0.6 is 0 Å². The summed E-state index contributed by atoms with van der Waals surface area (Å²) in [4.78, 5) is 14.0. The van der Waals surface area contributed by atoms with Crippen molar-refractivity contribution >= 4 is 0 Å². The molecule has 1 aromatic heterocycles. The van der Waals surface area contributed by atoms with Crippen molar-refractivity contribution < 1.29 is 13.9 Å². The predicted octanol–water partition coefficient (Wildman–Crippen LogP) is 6.78. The molecule has 0 atom stereocenters. The van der Waals surface area contributed by atoms with E-state index in [1.54, 1.807) is 13.2 Å². The Morgan fingerprint density at radius 2 is 1.52 bits per heavy atom. The molecule has 5 rings (SSSR count). The summed E-state index contributed by atoms with van der Waals surface area (Å²) in [7, 11) is 1.62. The molecule has 5 nitrogen and oxygen atoms in total. The second-order valence-electron chi connectivity index (χ2n) is 9.65. The Bertz CT molecular complexity index is 1650. The molecule has 0 spiro atoms. The monoisotopic (exact) mass is 534 g/mol. The van der Waals surface area contributed by atoms with Gasteiger partial charge < -0.3 is 9.47 Å². The maximum absolute atomic E-state index is 14.0. The third-order valence-corrected chi connectivity index (χ3v) is 6.86. The average molecular weight is 535 g/mol. The van der Waals surface area contributed by atoms with Crippen molar-refractivity contribution in [3.05, 3.63) is 147 Å². The fourth-order valence-corrected chi connectivity index (χ4v) is 4.85. The first kappa shape index (κ1) is 26.9. The van der Waals surface area contributed by atoms with E-state index in [9.17, 15) is 9.18 Å². The number of benzene rings is 4. The first-order valence-electron chi connectivity index (χ1n) is 13.3. The Morgan fingerprint density at radius 1 is 0.800 bits per heavy atom. The quantitative estimate of drug-likeness (QED) is 0.198. The largest absolute Gasteiger partial charge is 0.497 e. The van der Waals surface area contributed by atoms with Crippen molar-refractivity contribution in [1.29, 1.82) is 0 Å². The maximum Gasteiger partial charge on any atom is 0.270 e. The summed E-state index contributed by atoms with van der Waals surface area (Å²) in [6.45, 7) is 2.64. The normalized spacial score (nSPS) is 10.9. The molecule has 0 bridgehead atoms. The van der Waals surface area contributed by atoms with Crippen LogP contribution < -0.4 is 15.0 Å². The number of hydrogen-bond acceptors (Lipinski definition) is 4. The molecular formula is C34H31FN2O3. The van der Waals surface area contributed by atoms with Crippen molar-refractivity contribution in [3.63, 3.8) is 0 Å². The number of hydrogen-bond donors (Lipinski definition) is 0. The summed E-state index contributed by atoms with van der Waals surface area (Å²) in [5.74, 6) is 1.13. The van der Waals surface area contributed by atoms with E-state index < -0.39 is 0 Å². The van der Waals surface area contributed by atoms with Gasteiger partial charge >= 0.3 is 0 Å². The molecule has 0 radical (unpaired) electrons. The van der Waals surface area contributed by atoms with E-state index in [1.165, 1.54) is 16.8 Å². The third-order valence-electron chi connectivity index (χ3n) is 6.86. The van der Waals surface area contributed by atoms with E-state index >= 15 is 0 Å². The van der Waals surface area contributed by atoms with Crippen LogP contribution in [0.3, 0.4) is 0 Å². The van der Waals surface area contributed by atoms with Crippen molar-refractivity contribution in [2.75, 3.05) is 7.11 Å². The number of methoxy groups -OCH3 is 1. The molecule has 4 aromatic carbocycles. The topological polar surface area (TPSA) is 53.4 Å². The molecule has 0 aliphatic rings. The molecule has 0 amide bonds. The number of rotatable bonds is 10. The smallest absolute Gasteiger partial charge is 0.270 e. The van der Waals surface area contributed by atoms with Crippen molar-refractivity contribution in [3.8, 4) is 22.6 Å². The lowest BCUT2D eigenvalue weighted by Crippen LogP contribution is -2.29. The number of aromatic nitrogens is 2. The fraction of sp³-hybridized carbons (Fsp3) is 0.176. The van der Waals surface area contributed by atoms with E-state index in [1.807, 2.05) is 91.9 Å². The van der Waals surface area contributed by atoms with Crippen LogP contribution in [0.5, 0.6) is 11.5 Å². The van der Waals surface area contributed by atoms with Gasteiger partial charge in [0.25, 0.3) is 5.56 Å². The summed E-state index contributed by atoms with van der Waals surface area (Å²) in [5.41, 5.74) is 5.56. The second-order valence-corrected chi connectivity index (χ2v) is 9.65. The molecule has 6 heteroatoms. The van der Waals surface area contributed by atoms with Gasteiger partial charge in [-0.3, -0.25) is 4.79 Å². The van der Waals surface area contributed by atoms with Crippen LogP contribution in [-0.4, -0.2) is 16.9 Å². The number of halogens is 1. The molecule has 0 saturated carbocycles. The highest BCUT2D eigenvalue weighted by atomic mass is 19.1. The highest BCUT2D eigenvalue weighted by molar-refractivity contribution is 5.75. The van der Waals surface area contributed by atoms with Gasteiger partial charge in [-0.05, 0) is 66.8 Å². The number of ether oxygens (including phenoxy) is 2. The number of nitrogens with zero attached hydrogens (tertiary/aromatic N) is 2. The standard InChI is InChI=1S/C34H31FN2O3/c1-24-33(30-13-6-7-14-32(30)40-23-27-9-4-3-5-10-27)31(20-17-25-11-8-12-28(35)21-25)34(38)37(36-24)22-26-15-18-29(39-2)19-16-26/h3-16,18-19,21H,17,20,22-23H2,1-2H3. The van der Waals surface area contributed by atoms with E-state index in [0.717, 1.165) is 39.3 Å². The Hall–Kier alpha value is -4.71. The molecular weight excluding hydrogens is 503 g/mol. The molecule has 0 unspecified atom stereocenters. The minimum Gasteiger partial charge on any atom is -0.497 e. The number of aryl methyl sites for hydroxylation is 2. The van der Waals surface area contributed by atoms with Gasteiger partial charge in [-0.15, -0.1) is 0 Å². The van der Waals surface area contributed by atoms with E-state index in [4.69, 9.17) is 14.6 Å². The predicted molar refractivity (Wildman–Crippen MR) is 155 cm³/mol. The average Bonchev–Trinajstić information content (AvgIpc) is 2.98. The van der Waals surface area contributed by atoms with Gasteiger partial charge in [-0.25, -0.2) is 9.07 Å². The lowest BCUT2D eigenvalue weighted by atomic mass is 9.94. The first-order valence-corrected chi connectivity index (χ1v) is 13.3. The van der Waals surface area contributed by atoms with Crippen molar-refractivity contribution in [1.82, 2.24) is 9.78 Å². The van der Waals surface area contributed by atoms with Gasteiger partial charge in [-0.1, -0.05) is 72.8 Å². The molecule has 0 aliphatic carbocycles. The molecule has 0 saturated heterocycles. The lowest BCUT2D eigenvalue weighted by molar-refractivity contribution is 0.307. The highest BCUT2D eigenvalue weighted by Crippen LogP contribution is 2.34. The van der Waals surface area contributed by atoms with Crippen LogP contribution in [0.4, 0.5) is 4.39 Å². The minimum absolute atomic E-state index is 0.175. The van der Waals surface area contributed by atoms with Gasteiger partial charge in [0.15, 0.2) is 0 Å². The van der Waals surface area contributed by atoms with Gasteiger partial charge in [0.05, 0.1) is 19.3 Å². The Balaban J connectivity index is 1.55. The zero-order chi connectivity index (χ0) is 27.9. The fourth-order valence-electron chi connectivity index (χ4n) is 4.85. The Labute approximate surface area is 233 Å². The summed E-state index contributed by atoms with van der Waals surface area (Å²) >= 11 is 0. The van der Waals surface area contributed by atoms with E-state index in [2.05, 4.69) is 0 Å². The lowest BCUT2D eigenvalue weighted by Gasteiger charge is -2.18. The van der Waals surface area contributed by atoms with Crippen LogP contribution in [0.2, 0.25) is 0 Å². The molecule has 202 valence electrons. The summed E-state index contributed by atoms with van der Waals surface area (Å²) in [6.07, 6.45) is 0.940. The Kier molecular flexibility index (Phi) is 8.35. The summed E-state index contributed by atoms with van der Waals surface area (Å²) < 4.78 is 26.9. The van der Waals surface area contributed by atoms with E-state index in [0.29, 0.717) is 37.3 Å². The van der Waals surface area contributed by atoms with Crippen LogP contribution in [0.1, 0.15) is 27.9 Å². The molecule has 40 heavy (non-hydrogen) atoms. The maximum atomic E-state index is 14.0. The van der Waals surface area contributed by atoms with Gasteiger partial charge in [0.1, 0.15) is 23.9 Å². The summed E-state index contributed by atoms with van der Waals surface area (Å²) in [5, 5.41) is 4.73. The van der Waals surface area contributed by atoms with Crippen molar-refractivity contribution in [2.24, 2.45) is 0 Å². The third kappa shape index (κ3) is 6.29. The number of para-hydroxylation sites is 1. The van der Waals surface area contributed by atoms with Gasteiger partial charge in [0, 0.05) is 16.7 Å². The van der Waals surface area contributed by atoms with Crippen LogP contribution in [0.25, 0.3) is 11.1 Å². The zero-order valence-electron chi connectivity index (χ0n) is 22.6. The van der Waals surface area contributed by atoms with Gasteiger partial charge in [-0.2, -0.15) is 5.10 Å². The summed E-state index contributed by atoms with van der Waals surface area (Å²) in [6, 6.07) is 31.8. The molecule has 0 N–H and O–H groups in total. The zero-order valence-corrected chi connectivity index (χ0v) is 22.6. The molecule has 1 heterocycles. The molecule has 0 aliphatic heterocycles. The molecule has 0 fully saturated rings. The van der Waals surface area contributed by atoms with Crippen LogP contribution in [0, 0.1) is 12.7 Å². The Morgan fingerprint density at radius 3 is 2.27 bits per heavy atom. The SMILES string of the molecule is COc1ccc(Cn2nc(C)c(-c3ccccc3OCc3ccccc3)c(CCc3cccc(F)c3)c2=O)cc1. The van der Waals surface area contributed by atoms with Crippen LogP contribution in [-0.2, 0) is 26.0 Å².